The van der Waals surface area contributed by atoms with Gasteiger partial charge in [0.2, 0.25) is 0 Å². The normalized spacial score (nSPS) is 17.7. The first-order chi connectivity index (χ1) is 14.2. The number of aromatic nitrogens is 4. The quantitative estimate of drug-likeness (QED) is 0.593. The van der Waals surface area contributed by atoms with Crippen LogP contribution < -0.4 is 0 Å². The van der Waals surface area contributed by atoms with Crippen molar-refractivity contribution in [2.75, 3.05) is 19.6 Å². The van der Waals surface area contributed by atoms with E-state index in [9.17, 15) is 0 Å². The summed E-state index contributed by atoms with van der Waals surface area (Å²) < 4.78 is 2.07. The van der Waals surface area contributed by atoms with Crippen LogP contribution in [0.25, 0.3) is 5.82 Å². The second kappa shape index (κ2) is 9.31. The molecule has 0 radical (unpaired) electrons. The molecule has 4 rings (SSSR count). The van der Waals surface area contributed by atoms with E-state index in [1.807, 2.05) is 24.8 Å². The molecule has 5 heteroatoms. The van der Waals surface area contributed by atoms with Gasteiger partial charge in [-0.05, 0) is 44.3 Å². The molecule has 152 valence electrons. The number of nitrogens with zero attached hydrogens (tertiary/aromatic N) is 5. The van der Waals surface area contributed by atoms with Crippen LogP contribution in [0.2, 0.25) is 0 Å². The van der Waals surface area contributed by atoms with Gasteiger partial charge in [0.25, 0.3) is 0 Å². The number of hydrogen-bond donors (Lipinski definition) is 0. The molecule has 0 N–H and O–H groups in total. The molecule has 0 saturated carbocycles. The highest BCUT2D eigenvalue weighted by atomic mass is 15.2. The number of rotatable bonds is 7. The minimum absolute atomic E-state index is 0.352. The van der Waals surface area contributed by atoms with E-state index in [0.29, 0.717) is 11.8 Å². The Morgan fingerprint density at radius 2 is 2.00 bits per heavy atom. The third-order valence-electron chi connectivity index (χ3n) is 5.78. The third-order valence-corrected chi connectivity index (χ3v) is 5.78. The van der Waals surface area contributed by atoms with E-state index >= 15 is 0 Å². The molecule has 29 heavy (non-hydrogen) atoms. The summed E-state index contributed by atoms with van der Waals surface area (Å²) in [7, 11) is 0. The molecule has 3 aromatic rings. The molecular formula is C24H31N5. The molecule has 3 heterocycles. The van der Waals surface area contributed by atoms with Crippen LogP contribution in [0.5, 0.6) is 0 Å². The lowest BCUT2D eigenvalue weighted by molar-refractivity contribution is 0.204. The van der Waals surface area contributed by atoms with Crippen molar-refractivity contribution < 1.29 is 0 Å². The summed E-state index contributed by atoms with van der Waals surface area (Å²) in [5, 5.41) is 0. The molecule has 5 nitrogen and oxygen atoms in total. The van der Waals surface area contributed by atoms with E-state index in [0.717, 1.165) is 36.8 Å². The zero-order valence-electron chi connectivity index (χ0n) is 17.5. The Balaban J connectivity index is 1.40. The molecule has 0 bridgehead atoms. The number of piperidine rings is 1. The van der Waals surface area contributed by atoms with Gasteiger partial charge in [0.15, 0.2) is 5.82 Å². The van der Waals surface area contributed by atoms with E-state index in [2.05, 4.69) is 63.6 Å². The maximum Gasteiger partial charge on any atom is 0.156 e. The minimum atomic E-state index is 0.352. The van der Waals surface area contributed by atoms with Gasteiger partial charge in [0, 0.05) is 37.0 Å². The first kappa shape index (κ1) is 19.8. The number of benzene rings is 1. The van der Waals surface area contributed by atoms with Crippen LogP contribution in [0.15, 0.2) is 55.1 Å². The van der Waals surface area contributed by atoms with Crippen molar-refractivity contribution in [2.45, 2.75) is 51.4 Å². The standard InChI is InChI=1S/C24H31N5/c1-19(2)24-26-12-15-29(24)23-17-25-16-22(27-23)21-11-7-14-28(18-21)13-6-10-20-8-4-3-5-9-20/h3-5,8-9,12,15-17,19,21H,6-7,10-11,13-14,18H2,1-2H3. The van der Waals surface area contributed by atoms with E-state index in [-0.39, 0.29) is 0 Å². The summed E-state index contributed by atoms with van der Waals surface area (Å²) in [5.74, 6) is 2.72. The van der Waals surface area contributed by atoms with Crippen LogP contribution in [0.4, 0.5) is 0 Å². The number of imidazole rings is 1. The van der Waals surface area contributed by atoms with Gasteiger partial charge in [0.05, 0.1) is 11.9 Å². The second-order valence-corrected chi connectivity index (χ2v) is 8.34. The average molecular weight is 390 g/mol. The molecule has 1 aliphatic heterocycles. The second-order valence-electron chi connectivity index (χ2n) is 8.34. The van der Waals surface area contributed by atoms with Gasteiger partial charge < -0.3 is 4.90 Å². The number of aryl methyl sites for hydroxylation is 1. The summed E-state index contributed by atoms with van der Waals surface area (Å²) in [5.41, 5.74) is 2.54. The Kier molecular flexibility index (Phi) is 6.35. The van der Waals surface area contributed by atoms with E-state index < -0.39 is 0 Å². The molecule has 1 aromatic carbocycles. The predicted octanol–water partition coefficient (Wildman–Crippen LogP) is 4.60. The van der Waals surface area contributed by atoms with Gasteiger partial charge in [-0.15, -0.1) is 0 Å². The van der Waals surface area contributed by atoms with Crippen LogP contribution in [-0.2, 0) is 6.42 Å². The summed E-state index contributed by atoms with van der Waals surface area (Å²) in [6, 6.07) is 10.8. The molecule has 0 spiro atoms. The smallest absolute Gasteiger partial charge is 0.156 e. The molecule has 1 unspecified atom stereocenters. The highest BCUT2D eigenvalue weighted by Crippen LogP contribution is 2.26. The lowest BCUT2D eigenvalue weighted by Gasteiger charge is -2.32. The molecule has 1 saturated heterocycles. The van der Waals surface area contributed by atoms with Crippen molar-refractivity contribution >= 4 is 0 Å². The molecule has 0 aliphatic carbocycles. The fourth-order valence-corrected chi connectivity index (χ4v) is 4.27. The molecule has 2 aromatic heterocycles. The average Bonchev–Trinajstić information content (AvgIpc) is 3.25. The van der Waals surface area contributed by atoms with Crippen LogP contribution >= 0.6 is 0 Å². The van der Waals surface area contributed by atoms with E-state index in [4.69, 9.17) is 4.98 Å². The fourth-order valence-electron chi connectivity index (χ4n) is 4.27. The largest absolute Gasteiger partial charge is 0.303 e. The van der Waals surface area contributed by atoms with Crippen molar-refractivity contribution in [3.05, 3.63) is 72.2 Å². The molecule has 1 aliphatic rings. The molecule has 1 atom stereocenters. The van der Waals surface area contributed by atoms with Crippen molar-refractivity contribution in [3.8, 4) is 5.82 Å². The van der Waals surface area contributed by atoms with Gasteiger partial charge in [-0.2, -0.15) is 0 Å². The van der Waals surface area contributed by atoms with Gasteiger partial charge in [-0.3, -0.25) is 9.55 Å². The summed E-state index contributed by atoms with van der Waals surface area (Å²) in [6.07, 6.45) is 12.4. The van der Waals surface area contributed by atoms with Crippen molar-refractivity contribution in [2.24, 2.45) is 0 Å². The number of likely N-dealkylation sites (tertiary alicyclic amines) is 1. The SMILES string of the molecule is CC(C)c1nccn1-c1cncc(C2CCCN(CCCc3ccccc3)C2)n1. The van der Waals surface area contributed by atoms with Crippen LogP contribution in [0, 0.1) is 0 Å². The topological polar surface area (TPSA) is 46.8 Å². The molecular weight excluding hydrogens is 358 g/mol. The Labute approximate surface area is 173 Å². The van der Waals surface area contributed by atoms with Crippen LogP contribution in [0.1, 0.15) is 62.0 Å². The summed E-state index contributed by atoms with van der Waals surface area (Å²) >= 11 is 0. The highest BCUT2D eigenvalue weighted by Gasteiger charge is 2.23. The van der Waals surface area contributed by atoms with Crippen molar-refractivity contribution in [1.82, 2.24) is 24.4 Å². The fraction of sp³-hybridized carbons (Fsp3) is 0.458. The van der Waals surface area contributed by atoms with Gasteiger partial charge in [0.1, 0.15) is 5.82 Å². The molecule has 0 amide bonds. The van der Waals surface area contributed by atoms with Gasteiger partial charge >= 0.3 is 0 Å². The lowest BCUT2D eigenvalue weighted by Crippen LogP contribution is -2.35. The first-order valence-electron chi connectivity index (χ1n) is 10.8. The Bertz CT molecular complexity index is 902. The zero-order valence-corrected chi connectivity index (χ0v) is 17.5. The van der Waals surface area contributed by atoms with Crippen molar-refractivity contribution in [1.29, 1.82) is 0 Å². The van der Waals surface area contributed by atoms with Gasteiger partial charge in [-0.1, -0.05) is 44.2 Å². The first-order valence-corrected chi connectivity index (χ1v) is 10.8. The maximum atomic E-state index is 4.98. The maximum absolute atomic E-state index is 4.98. The van der Waals surface area contributed by atoms with Crippen LogP contribution in [0.3, 0.4) is 0 Å². The highest BCUT2D eigenvalue weighted by molar-refractivity contribution is 5.25. The predicted molar refractivity (Wildman–Crippen MR) is 116 cm³/mol. The molecule has 1 fully saturated rings. The number of hydrogen-bond acceptors (Lipinski definition) is 4. The Hall–Kier alpha value is -2.53. The van der Waals surface area contributed by atoms with Crippen LogP contribution in [-0.4, -0.2) is 44.1 Å². The minimum Gasteiger partial charge on any atom is -0.303 e. The summed E-state index contributed by atoms with van der Waals surface area (Å²) in [4.78, 5) is 16.6. The Morgan fingerprint density at radius 1 is 1.14 bits per heavy atom. The third kappa shape index (κ3) is 4.91. The summed E-state index contributed by atoms with van der Waals surface area (Å²) in [6.45, 7) is 7.73. The van der Waals surface area contributed by atoms with Gasteiger partial charge in [-0.25, -0.2) is 9.97 Å². The zero-order chi connectivity index (χ0) is 20.1. The van der Waals surface area contributed by atoms with E-state index in [1.54, 1.807) is 0 Å². The monoisotopic (exact) mass is 389 g/mol. The van der Waals surface area contributed by atoms with Crippen molar-refractivity contribution in [3.63, 3.8) is 0 Å². The lowest BCUT2D eigenvalue weighted by atomic mass is 9.94. The van der Waals surface area contributed by atoms with E-state index in [1.165, 1.54) is 31.4 Å². The Morgan fingerprint density at radius 3 is 2.83 bits per heavy atom.